The first kappa shape index (κ1) is 24.8. The van der Waals surface area contributed by atoms with E-state index in [1.807, 2.05) is 6.07 Å². The van der Waals surface area contributed by atoms with E-state index in [1.54, 1.807) is 48.5 Å². The Morgan fingerprint density at radius 1 is 0.944 bits per heavy atom. The van der Waals surface area contributed by atoms with Crippen LogP contribution in [0, 0.1) is 0 Å². The van der Waals surface area contributed by atoms with Gasteiger partial charge >= 0.3 is 12.1 Å². The molecule has 3 aromatic rings. The van der Waals surface area contributed by atoms with Crippen molar-refractivity contribution in [2.45, 2.75) is 56.1 Å². The topological polar surface area (TPSA) is 79.5 Å². The highest BCUT2D eigenvalue weighted by atomic mass is 32.2. The zero-order valence-corrected chi connectivity index (χ0v) is 20.4. The van der Waals surface area contributed by atoms with Gasteiger partial charge in [0.1, 0.15) is 0 Å². The van der Waals surface area contributed by atoms with Gasteiger partial charge in [0, 0.05) is 11.6 Å². The molecule has 0 bridgehead atoms. The van der Waals surface area contributed by atoms with E-state index in [4.69, 9.17) is 4.42 Å². The molecule has 11 heteroatoms. The van der Waals surface area contributed by atoms with E-state index in [9.17, 15) is 21.6 Å². The minimum absolute atomic E-state index is 0.104. The van der Waals surface area contributed by atoms with Crippen LogP contribution >= 0.6 is 0 Å². The largest absolute Gasteiger partial charge is 0.470 e. The van der Waals surface area contributed by atoms with Gasteiger partial charge in [0.05, 0.1) is 17.5 Å². The van der Waals surface area contributed by atoms with Crippen LogP contribution in [0.4, 0.5) is 18.9 Å². The molecule has 1 saturated heterocycles. The first-order valence-corrected chi connectivity index (χ1v) is 13.5. The summed E-state index contributed by atoms with van der Waals surface area (Å²) in [6.45, 7) is 1.68. The first-order valence-electron chi connectivity index (χ1n) is 12.0. The van der Waals surface area contributed by atoms with Crippen LogP contribution in [0.1, 0.15) is 43.6 Å². The number of sulfonamides is 1. The van der Waals surface area contributed by atoms with Crippen LogP contribution in [-0.2, 0) is 22.7 Å². The quantitative estimate of drug-likeness (QED) is 0.431. The molecule has 2 fully saturated rings. The van der Waals surface area contributed by atoms with E-state index in [1.165, 1.54) is 23.6 Å². The molecule has 0 N–H and O–H groups in total. The lowest BCUT2D eigenvalue weighted by Crippen LogP contribution is -2.49. The maximum absolute atomic E-state index is 13.8. The zero-order chi connectivity index (χ0) is 25.3. The molecule has 0 amide bonds. The number of anilines is 1. The Hall–Kier alpha value is -2.92. The second-order valence-electron chi connectivity index (χ2n) is 9.31. The Labute approximate surface area is 208 Å². The maximum Gasteiger partial charge on any atom is 0.470 e. The molecule has 0 atom stereocenters. The van der Waals surface area contributed by atoms with Crippen molar-refractivity contribution in [2.75, 3.05) is 17.4 Å². The third kappa shape index (κ3) is 5.12. The summed E-state index contributed by atoms with van der Waals surface area (Å²) in [5, 5.41) is 6.06. The van der Waals surface area contributed by atoms with Crippen molar-refractivity contribution in [2.24, 2.45) is 0 Å². The number of piperidine rings is 1. The normalized spacial score (nSPS) is 18.2. The van der Waals surface area contributed by atoms with Crippen molar-refractivity contribution >= 4 is 15.7 Å². The molecule has 0 spiro atoms. The molecule has 1 aliphatic heterocycles. The summed E-state index contributed by atoms with van der Waals surface area (Å²) in [5.41, 5.74) is 1.59. The molecule has 1 aliphatic carbocycles. The second kappa shape index (κ2) is 9.85. The van der Waals surface area contributed by atoms with Gasteiger partial charge in [0.2, 0.25) is 15.9 Å². The standard InChI is InChI=1S/C25H27F3N4O3S/c26-25(27,28)24-30-29-23(35-24)19-11-9-18(10-12-19)17-32(21-5-2-1-3-6-21)36(33,34)22-13-15-31(16-14-22)20-7-4-8-20/h1-3,5-6,9-12,20,22H,4,7-8,13-17H2. The fourth-order valence-electron chi connectivity index (χ4n) is 4.77. The zero-order valence-electron chi connectivity index (χ0n) is 19.6. The van der Waals surface area contributed by atoms with Crippen molar-refractivity contribution < 1.29 is 26.0 Å². The van der Waals surface area contributed by atoms with Gasteiger partial charge in [0.25, 0.3) is 0 Å². The number of hydrogen-bond acceptors (Lipinski definition) is 6. The van der Waals surface area contributed by atoms with Crippen molar-refractivity contribution in [1.82, 2.24) is 15.1 Å². The second-order valence-corrected chi connectivity index (χ2v) is 11.5. The van der Waals surface area contributed by atoms with Gasteiger partial charge in [-0.05, 0) is 68.6 Å². The summed E-state index contributed by atoms with van der Waals surface area (Å²) in [6, 6.07) is 16.0. The van der Waals surface area contributed by atoms with Gasteiger partial charge in [0.15, 0.2) is 0 Å². The van der Waals surface area contributed by atoms with Crippen molar-refractivity contribution in [3.8, 4) is 11.5 Å². The number of benzene rings is 2. The van der Waals surface area contributed by atoms with Crippen molar-refractivity contribution in [1.29, 1.82) is 0 Å². The number of hydrogen-bond donors (Lipinski definition) is 0. The van der Waals surface area contributed by atoms with E-state index in [0.717, 1.165) is 13.1 Å². The molecular weight excluding hydrogens is 493 g/mol. The van der Waals surface area contributed by atoms with Crippen LogP contribution in [0.25, 0.3) is 11.5 Å². The molecule has 5 rings (SSSR count). The molecule has 1 aromatic heterocycles. The Morgan fingerprint density at radius 2 is 1.61 bits per heavy atom. The molecule has 1 saturated carbocycles. The van der Waals surface area contributed by atoms with Crippen LogP contribution in [0.3, 0.4) is 0 Å². The Morgan fingerprint density at radius 3 is 2.17 bits per heavy atom. The molecule has 36 heavy (non-hydrogen) atoms. The summed E-state index contributed by atoms with van der Waals surface area (Å²) in [6.07, 6.45) is 0.123. The molecule has 2 aromatic carbocycles. The lowest BCUT2D eigenvalue weighted by Gasteiger charge is -2.42. The fourth-order valence-corrected chi connectivity index (χ4v) is 6.68. The molecule has 7 nitrogen and oxygen atoms in total. The van der Waals surface area contributed by atoms with Gasteiger partial charge in [-0.2, -0.15) is 13.2 Å². The number of aromatic nitrogens is 2. The first-order chi connectivity index (χ1) is 17.2. The van der Waals surface area contributed by atoms with Crippen LogP contribution in [0.5, 0.6) is 0 Å². The van der Waals surface area contributed by atoms with E-state index < -0.39 is 27.3 Å². The molecule has 192 valence electrons. The van der Waals surface area contributed by atoms with Crippen LogP contribution in [0.15, 0.2) is 59.0 Å². The molecule has 2 heterocycles. The highest BCUT2D eigenvalue weighted by Gasteiger charge is 2.39. The van der Waals surface area contributed by atoms with Gasteiger partial charge < -0.3 is 9.32 Å². The lowest BCUT2D eigenvalue weighted by molar-refractivity contribution is -0.156. The predicted molar refractivity (Wildman–Crippen MR) is 129 cm³/mol. The van der Waals surface area contributed by atoms with Gasteiger partial charge in [-0.1, -0.05) is 36.8 Å². The van der Waals surface area contributed by atoms with Crippen molar-refractivity contribution in [3.63, 3.8) is 0 Å². The van der Waals surface area contributed by atoms with E-state index in [0.29, 0.717) is 35.7 Å². The minimum atomic E-state index is -4.72. The monoisotopic (exact) mass is 520 g/mol. The minimum Gasteiger partial charge on any atom is -0.413 e. The molecule has 0 unspecified atom stereocenters. The maximum atomic E-state index is 13.8. The molecule has 0 radical (unpaired) electrons. The average molecular weight is 521 g/mol. The number of halogens is 3. The highest BCUT2D eigenvalue weighted by molar-refractivity contribution is 7.93. The SMILES string of the molecule is O=S(=O)(C1CCN(C2CCC2)CC1)N(Cc1ccc(-c2nnc(C(F)(F)F)o2)cc1)c1ccccc1. The third-order valence-electron chi connectivity index (χ3n) is 7.03. The number of alkyl halides is 3. The van der Waals surface area contributed by atoms with Crippen LogP contribution in [-0.4, -0.2) is 47.9 Å². The number of para-hydroxylation sites is 1. The van der Waals surface area contributed by atoms with E-state index in [2.05, 4.69) is 15.1 Å². The van der Waals surface area contributed by atoms with Gasteiger partial charge in [-0.15, -0.1) is 10.2 Å². The Bertz CT molecular complexity index is 1270. The van der Waals surface area contributed by atoms with Gasteiger partial charge in [-0.25, -0.2) is 8.42 Å². The third-order valence-corrected chi connectivity index (χ3v) is 9.30. The lowest BCUT2D eigenvalue weighted by atomic mass is 9.90. The summed E-state index contributed by atoms with van der Waals surface area (Å²) < 4.78 is 72.1. The number of likely N-dealkylation sites (tertiary alicyclic amines) is 1. The fraction of sp³-hybridized carbons (Fsp3) is 0.440. The van der Waals surface area contributed by atoms with Crippen LogP contribution in [0.2, 0.25) is 0 Å². The summed E-state index contributed by atoms with van der Waals surface area (Å²) in [4.78, 5) is 2.42. The number of rotatable bonds is 7. The summed E-state index contributed by atoms with van der Waals surface area (Å²) in [7, 11) is -3.65. The predicted octanol–water partition coefficient (Wildman–Crippen LogP) is 5.11. The van der Waals surface area contributed by atoms with Gasteiger partial charge in [-0.3, -0.25) is 4.31 Å². The highest BCUT2D eigenvalue weighted by Crippen LogP contribution is 2.33. The molecule has 2 aliphatic rings. The smallest absolute Gasteiger partial charge is 0.413 e. The summed E-state index contributed by atoms with van der Waals surface area (Å²) in [5.74, 6) is -1.66. The van der Waals surface area contributed by atoms with E-state index in [-0.39, 0.29) is 12.4 Å². The summed E-state index contributed by atoms with van der Waals surface area (Å²) >= 11 is 0. The average Bonchev–Trinajstić information content (AvgIpc) is 3.34. The van der Waals surface area contributed by atoms with Crippen molar-refractivity contribution in [3.05, 3.63) is 66.1 Å². The van der Waals surface area contributed by atoms with E-state index >= 15 is 0 Å². The van der Waals surface area contributed by atoms with Crippen LogP contribution < -0.4 is 4.31 Å². The molecular formula is C25H27F3N4O3S. The number of nitrogens with zero attached hydrogens (tertiary/aromatic N) is 4. The Balaban J connectivity index is 1.34. The Kier molecular flexibility index (Phi) is 6.78.